The highest BCUT2D eigenvalue weighted by Crippen LogP contribution is 2.31. The van der Waals surface area contributed by atoms with Crippen molar-refractivity contribution in [2.45, 2.75) is 69.0 Å². The number of rotatable bonds is 11. The zero-order chi connectivity index (χ0) is 29.4. The summed E-state index contributed by atoms with van der Waals surface area (Å²) in [7, 11) is -4.18. The van der Waals surface area contributed by atoms with Crippen molar-refractivity contribution in [3.63, 3.8) is 0 Å². The predicted molar refractivity (Wildman–Crippen MR) is 164 cm³/mol. The van der Waals surface area contributed by atoms with Crippen molar-refractivity contribution in [2.24, 2.45) is 0 Å². The fourth-order valence-corrected chi connectivity index (χ4v) is 7.01. The third-order valence-corrected chi connectivity index (χ3v) is 9.68. The molecule has 3 aromatic carbocycles. The molecule has 2 amide bonds. The molecule has 1 fully saturated rings. The van der Waals surface area contributed by atoms with Crippen molar-refractivity contribution < 1.29 is 18.0 Å². The fraction of sp³-hybridized carbons (Fsp3) is 0.355. The van der Waals surface area contributed by atoms with Gasteiger partial charge in [0, 0.05) is 17.6 Å². The topological polar surface area (TPSA) is 86.8 Å². The van der Waals surface area contributed by atoms with Crippen molar-refractivity contribution in [1.82, 2.24) is 10.2 Å². The van der Waals surface area contributed by atoms with Gasteiger partial charge in [-0.2, -0.15) is 0 Å². The average Bonchev–Trinajstić information content (AvgIpc) is 2.98. The third-order valence-electron chi connectivity index (χ3n) is 7.33. The standard InChI is InChI=1S/C31H35Cl2N3O4S/c1-2-28(31(38)34-25-11-5-3-6-12-25)35(21-23-17-19-24(32)20-18-23)30(37)22-36(29-16-10-9-15-27(29)33)41(39,40)26-13-7-4-8-14-26/h4,7-10,13-20,25,28H,2-3,5-6,11-12,21-22H2,1H3,(H,34,38). The summed E-state index contributed by atoms with van der Waals surface area (Å²) in [4.78, 5) is 29.2. The summed E-state index contributed by atoms with van der Waals surface area (Å²) in [5.41, 5.74) is 0.944. The van der Waals surface area contributed by atoms with Gasteiger partial charge in [0.1, 0.15) is 12.6 Å². The molecule has 0 aliphatic heterocycles. The van der Waals surface area contributed by atoms with Gasteiger partial charge in [-0.25, -0.2) is 8.42 Å². The van der Waals surface area contributed by atoms with Crippen LogP contribution in [0.1, 0.15) is 51.0 Å². The van der Waals surface area contributed by atoms with E-state index in [4.69, 9.17) is 23.2 Å². The number of carbonyl (C=O) groups is 2. The van der Waals surface area contributed by atoms with Crippen LogP contribution >= 0.6 is 23.2 Å². The number of halogens is 2. The van der Waals surface area contributed by atoms with Gasteiger partial charge in [-0.3, -0.25) is 13.9 Å². The van der Waals surface area contributed by atoms with Gasteiger partial charge >= 0.3 is 0 Å². The van der Waals surface area contributed by atoms with Crippen LogP contribution in [0.25, 0.3) is 0 Å². The van der Waals surface area contributed by atoms with Crippen LogP contribution in [0.4, 0.5) is 5.69 Å². The lowest BCUT2D eigenvalue weighted by atomic mass is 9.95. The first kappa shape index (κ1) is 30.9. The normalized spacial score (nSPS) is 14.7. The Hall–Kier alpha value is -3.07. The molecular weight excluding hydrogens is 581 g/mol. The largest absolute Gasteiger partial charge is 0.352 e. The molecule has 0 radical (unpaired) electrons. The van der Waals surface area contributed by atoms with Crippen LogP contribution in [0, 0.1) is 0 Å². The van der Waals surface area contributed by atoms with Gasteiger partial charge in [0.15, 0.2) is 0 Å². The van der Waals surface area contributed by atoms with Crippen LogP contribution in [-0.2, 0) is 26.2 Å². The molecule has 41 heavy (non-hydrogen) atoms. The zero-order valence-corrected chi connectivity index (χ0v) is 25.3. The van der Waals surface area contributed by atoms with Gasteiger partial charge in [0.25, 0.3) is 10.0 Å². The first-order valence-corrected chi connectivity index (χ1v) is 16.1. The van der Waals surface area contributed by atoms with Crippen LogP contribution in [-0.4, -0.2) is 43.8 Å². The smallest absolute Gasteiger partial charge is 0.264 e. The lowest BCUT2D eigenvalue weighted by Gasteiger charge is -2.34. The number of anilines is 1. The van der Waals surface area contributed by atoms with Gasteiger partial charge in [-0.1, -0.05) is 91.9 Å². The van der Waals surface area contributed by atoms with Gasteiger partial charge in [-0.05, 0) is 61.2 Å². The average molecular weight is 617 g/mol. The van der Waals surface area contributed by atoms with Gasteiger partial charge in [0.2, 0.25) is 11.8 Å². The lowest BCUT2D eigenvalue weighted by molar-refractivity contribution is -0.140. The molecule has 218 valence electrons. The summed E-state index contributed by atoms with van der Waals surface area (Å²) < 4.78 is 28.8. The minimum Gasteiger partial charge on any atom is -0.352 e. The first-order chi connectivity index (χ1) is 19.7. The highest BCUT2D eigenvalue weighted by atomic mass is 35.5. The number of hydrogen-bond donors (Lipinski definition) is 1. The SMILES string of the molecule is CCC(C(=O)NC1CCCCC1)N(Cc1ccc(Cl)cc1)C(=O)CN(c1ccccc1Cl)S(=O)(=O)c1ccccc1. The number of benzene rings is 3. The van der Waals surface area contributed by atoms with E-state index >= 15 is 0 Å². The van der Waals surface area contributed by atoms with Crippen LogP contribution in [0.15, 0.2) is 83.8 Å². The van der Waals surface area contributed by atoms with Crippen LogP contribution in [0.3, 0.4) is 0 Å². The van der Waals surface area contributed by atoms with Crippen molar-refractivity contribution in [3.8, 4) is 0 Å². The Kier molecular flexibility index (Phi) is 10.7. The van der Waals surface area contributed by atoms with E-state index in [0.29, 0.717) is 11.4 Å². The second kappa shape index (κ2) is 14.2. The molecule has 4 rings (SSSR count). The van der Waals surface area contributed by atoms with Gasteiger partial charge in [-0.15, -0.1) is 0 Å². The Morgan fingerprint density at radius 2 is 1.54 bits per heavy atom. The molecule has 0 heterocycles. The summed E-state index contributed by atoms with van der Waals surface area (Å²) in [5, 5.41) is 3.88. The fourth-order valence-electron chi connectivity index (χ4n) is 5.14. The molecule has 7 nitrogen and oxygen atoms in total. The quantitative estimate of drug-likeness (QED) is 0.269. The molecule has 1 unspecified atom stereocenters. The highest BCUT2D eigenvalue weighted by molar-refractivity contribution is 7.92. The molecule has 3 aromatic rings. The monoisotopic (exact) mass is 615 g/mol. The maximum Gasteiger partial charge on any atom is 0.264 e. The zero-order valence-electron chi connectivity index (χ0n) is 23.0. The number of para-hydroxylation sites is 1. The van der Waals surface area contributed by atoms with Gasteiger partial charge in [0.05, 0.1) is 15.6 Å². The molecule has 0 spiro atoms. The molecule has 0 bridgehead atoms. The second-order valence-corrected chi connectivity index (χ2v) is 12.9. The van der Waals surface area contributed by atoms with E-state index < -0.39 is 28.5 Å². The van der Waals surface area contributed by atoms with E-state index in [1.54, 1.807) is 66.7 Å². The maximum absolute atomic E-state index is 14.2. The summed E-state index contributed by atoms with van der Waals surface area (Å²) in [6.07, 6.45) is 5.43. The van der Waals surface area contributed by atoms with Crippen molar-refractivity contribution in [3.05, 3.63) is 94.5 Å². The second-order valence-electron chi connectivity index (χ2n) is 10.2. The molecular formula is C31H35Cl2N3O4S. The first-order valence-electron chi connectivity index (χ1n) is 13.9. The number of sulfonamides is 1. The summed E-state index contributed by atoms with van der Waals surface area (Å²) in [6, 6.07) is 20.7. The van der Waals surface area contributed by atoms with Crippen LogP contribution < -0.4 is 9.62 Å². The van der Waals surface area contributed by atoms with E-state index in [1.807, 2.05) is 6.92 Å². The molecule has 0 saturated heterocycles. The van der Waals surface area contributed by atoms with E-state index in [0.717, 1.165) is 42.0 Å². The minimum atomic E-state index is -4.18. The molecule has 1 N–H and O–H groups in total. The molecule has 1 atom stereocenters. The molecule has 1 saturated carbocycles. The van der Waals surface area contributed by atoms with Crippen molar-refractivity contribution in [1.29, 1.82) is 0 Å². The number of carbonyl (C=O) groups excluding carboxylic acids is 2. The number of nitrogens with zero attached hydrogens (tertiary/aromatic N) is 2. The summed E-state index contributed by atoms with van der Waals surface area (Å²) >= 11 is 12.6. The maximum atomic E-state index is 14.2. The third kappa shape index (κ3) is 7.82. The Morgan fingerprint density at radius 3 is 2.17 bits per heavy atom. The van der Waals surface area contributed by atoms with Crippen molar-refractivity contribution >= 4 is 50.7 Å². The summed E-state index contributed by atoms with van der Waals surface area (Å²) in [6.45, 7) is 1.41. The molecule has 1 aliphatic carbocycles. The molecule has 1 aliphatic rings. The van der Waals surface area contributed by atoms with Gasteiger partial charge < -0.3 is 10.2 Å². The lowest BCUT2D eigenvalue weighted by Crippen LogP contribution is -2.54. The summed E-state index contributed by atoms with van der Waals surface area (Å²) in [5.74, 6) is -0.762. The van der Waals surface area contributed by atoms with Crippen LogP contribution in [0.5, 0.6) is 0 Å². The number of amides is 2. The number of hydrogen-bond acceptors (Lipinski definition) is 4. The Balaban J connectivity index is 1.70. The number of nitrogens with one attached hydrogen (secondary N) is 1. The highest BCUT2D eigenvalue weighted by Gasteiger charge is 2.35. The Morgan fingerprint density at radius 1 is 0.902 bits per heavy atom. The van der Waals surface area contributed by atoms with E-state index in [9.17, 15) is 18.0 Å². The molecule has 10 heteroatoms. The Labute approximate surface area is 252 Å². The Bertz CT molecular complexity index is 1430. The van der Waals surface area contributed by atoms with E-state index in [1.165, 1.54) is 17.0 Å². The minimum absolute atomic E-state index is 0.0269. The van der Waals surface area contributed by atoms with Crippen LogP contribution in [0.2, 0.25) is 10.0 Å². The van der Waals surface area contributed by atoms with E-state index in [2.05, 4.69) is 5.32 Å². The molecule has 0 aromatic heterocycles. The van der Waals surface area contributed by atoms with Crippen molar-refractivity contribution in [2.75, 3.05) is 10.8 Å². The van der Waals surface area contributed by atoms with E-state index in [-0.39, 0.29) is 34.1 Å². The predicted octanol–water partition coefficient (Wildman–Crippen LogP) is 6.45.